The molecule has 1 N–H and O–H groups in total. The molecule has 0 aromatic heterocycles. The summed E-state index contributed by atoms with van der Waals surface area (Å²) in [5, 5.41) is 12.2. The molecule has 9 atom stereocenters. The van der Waals surface area contributed by atoms with E-state index in [1.807, 2.05) is 26.8 Å². The minimum atomic E-state index is -1.51. The molecule has 4 aliphatic heterocycles. The molecule has 6 rings (SSSR count). The van der Waals surface area contributed by atoms with Gasteiger partial charge in [-0.05, 0) is 71.8 Å². The summed E-state index contributed by atoms with van der Waals surface area (Å²) in [6.45, 7) is 8.94. The summed E-state index contributed by atoms with van der Waals surface area (Å²) in [5.74, 6) is -3.04. The van der Waals surface area contributed by atoms with E-state index in [0.29, 0.717) is 44.1 Å². The first-order valence-electron chi connectivity index (χ1n) is 13.9. The van der Waals surface area contributed by atoms with Crippen molar-refractivity contribution < 1.29 is 38.4 Å². The van der Waals surface area contributed by atoms with Gasteiger partial charge in [0.15, 0.2) is 11.6 Å². The maximum atomic E-state index is 13.4. The number of ether oxygens (including phenoxy) is 4. The largest absolute Gasteiger partial charge is 0.456 e. The maximum Gasteiger partial charge on any atom is 0.334 e. The second-order valence-corrected chi connectivity index (χ2v) is 12.6. The van der Waals surface area contributed by atoms with Crippen LogP contribution in [0.25, 0.3) is 0 Å². The standard InChI is InChI=1S/C30H38O8/c1-16-15-24(36-25(33)17(16)2)28(5)22-12-14-30(34)21-10-9-19-7-6-8-23(32)27(19,4)20(21)11-13-29(22,38-30)26(37-28)35-18(3)31/h6,8-9,20-22,24,26,34H,7,10-15H2,1-5H3/t20-,21+,22+,24+,26-,27-,28+,29+,30-/m0/s1. The summed E-state index contributed by atoms with van der Waals surface area (Å²) in [7, 11) is 0. The molecule has 0 radical (unpaired) electrons. The van der Waals surface area contributed by atoms with E-state index in [4.69, 9.17) is 18.9 Å². The number of hydrogen-bond acceptors (Lipinski definition) is 8. The van der Waals surface area contributed by atoms with Crippen LogP contribution in [-0.2, 0) is 33.3 Å². The third-order valence-corrected chi connectivity index (χ3v) is 10.9. The van der Waals surface area contributed by atoms with Gasteiger partial charge in [0.1, 0.15) is 17.3 Å². The average molecular weight is 527 g/mol. The molecule has 3 fully saturated rings. The average Bonchev–Trinajstić information content (AvgIpc) is 3.02. The van der Waals surface area contributed by atoms with Gasteiger partial charge >= 0.3 is 11.9 Å². The predicted molar refractivity (Wildman–Crippen MR) is 135 cm³/mol. The highest BCUT2D eigenvalue weighted by Gasteiger charge is 2.73. The van der Waals surface area contributed by atoms with Gasteiger partial charge in [-0.1, -0.05) is 23.3 Å². The highest BCUT2D eigenvalue weighted by molar-refractivity contribution is 5.98. The number of ketones is 1. The van der Waals surface area contributed by atoms with Crippen molar-refractivity contribution >= 4 is 17.7 Å². The number of allylic oxidation sites excluding steroid dienone is 4. The third kappa shape index (κ3) is 3.35. The first kappa shape index (κ1) is 26.0. The number of cyclic esters (lactones) is 1. The van der Waals surface area contributed by atoms with E-state index >= 15 is 0 Å². The molecule has 0 aromatic carbocycles. The highest BCUT2D eigenvalue weighted by Crippen LogP contribution is 2.65. The molecule has 2 bridgehead atoms. The number of esters is 2. The number of carbonyl (C=O) groups is 3. The topological polar surface area (TPSA) is 108 Å². The smallest absolute Gasteiger partial charge is 0.334 e. The normalized spacial score (nSPS) is 47.8. The molecule has 1 spiro atoms. The first-order valence-corrected chi connectivity index (χ1v) is 13.9. The Bertz CT molecular complexity index is 1200. The predicted octanol–water partition coefficient (Wildman–Crippen LogP) is 4.06. The van der Waals surface area contributed by atoms with Crippen LogP contribution in [0, 0.1) is 23.2 Å². The van der Waals surface area contributed by atoms with Crippen LogP contribution in [0.3, 0.4) is 0 Å². The van der Waals surface area contributed by atoms with E-state index < -0.39 is 40.8 Å². The molecular weight excluding hydrogens is 488 g/mol. The Labute approximate surface area is 223 Å². The lowest BCUT2D eigenvalue weighted by Crippen LogP contribution is -2.62. The number of aliphatic hydroxyl groups is 1. The molecule has 6 aliphatic rings. The zero-order chi connectivity index (χ0) is 27.3. The molecule has 38 heavy (non-hydrogen) atoms. The van der Waals surface area contributed by atoms with E-state index in [0.717, 1.165) is 17.6 Å². The molecule has 0 aromatic rings. The Morgan fingerprint density at radius 2 is 1.89 bits per heavy atom. The van der Waals surface area contributed by atoms with Gasteiger partial charge in [-0.3, -0.25) is 9.59 Å². The fourth-order valence-corrected chi connectivity index (χ4v) is 8.56. The number of carbonyl (C=O) groups excluding carboxylic acids is 3. The van der Waals surface area contributed by atoms with Crippen molar-refractivity contribution in [1.29, 1.82) is 0 Å². The SMILES string of the molecule is CC(=O)O[C@H]1O[C@@](C)([C@H]2CC(C)=C(C)C(=O)O2)[C@H]2CC[C@]3(O)O[C@@]12CC[C@H]1[C@H]3CC=C2CC=CC(=O)[C@@]21C. The second-order valence-electron chi connectivity index (χ2n) is 12.6. The molecular formula is C30H38O8. The monoisotopic (exact) mass is 526 g/mol. The summed E-state index contributed by atoms with van der Waals surface area (Å²) in [4.78, 5) is 38.3. The van der Waals surface area contributed by atoms with E-state index in [2.05, 4.69) is 6.08 Å². The molecule has 0 amide bonds. The molecule has 206 valence electrons. The zero-order valence-corrected chi connectivity index (χ0v) is 22.9. The van der Waals surface area contributed by atoms with Gasteiger partial charge in [-0.2, -0.15) is 0 Å². The molecule has 0 saturated carbocycles. The Hall–Kier alpha value is -2.29. The maximum absolute atomic E-state index is 13.4. The summed E-state index contributed by atoms with van der Waals surface area (Å²) in [6, 6.07) is 0. The Balaban J connectivity index is 1.43. The molecule has 8 nitrogen and oxygen atoms in total. The van der Waals surface area contributed by atoms with E-state index in [-0.39, 0.29) is 29.5 Å². The van der Waals surface area contributed by atoms with E-state index in [1.165, 1.54) is 6.92 Å². The molecule has 4 heterocycles. The summed E-state index contributed by atoms with van der Waals surface area (Å²) < 4.78 is 25.1. The van der Waals surface area contributed by atoms with Crippen molar-refractivity contribution in [2.75, 3.05) is 0 Å². The van der Waals surface area contributed by atoms with Gasteiger partial charge < -0.3 is 24.1 Å². The van der Waals surface area contributed by atoms with Crippen molar-refractivity contribution in [3.63, 3.8) is 0 Å². The van der Waals surface area contributed by atoms with Gasteiger partial charge in [0.25, 0.3) is 0 Å². The number of rotatable bonds is 2. The van der Waals surface area contributed by atoms with Crippen LogP contribution in [0.5, 0.6) is 0 Å². The Morgan fingerprint density at radius 3 is 2.61 bits per heavy atom. The van der Waals surface area contributed by atoms with Crippen LogP contribution < -0.4 is 0 Å². The van der Waals surface area contributed by atoms with Crippen molar-refractivity contribution in [2.24, 2.45) is 23.2 Å². The number of fused-ring (bicyclic) bond motifs is 5. The second kappa shape index (κ2) is 8.35. The third-order valence-electron chi connectivity index (χ3n) is 10.9. The molecule has 2 aliphatic carbocycles. The van der Waals surface area contributed by atoms with Gasteiger partial charge in [-0.15, -0.1) is 0 Å². The first-order chi connectivity index (χ1) is 17.8. The van der Waals surface area contributed by atoms with Gasteiger partial charge in [0.05, 0.1) is 5.41 Å². The van der Waals surface area contributed by atoms with Gasteiger partial charge in [0, 0.05) is 37.2 Å². The van der Waals surface area contributed by atoms with Gasteiger partial charge in [-0.25, -0.2) is 4.79 Å². The summed E-state index contributed by atoms with van der Waals surface area (Å²) >= 11 is 0. The van der Waals surface area contributed by atoms with Gasteiger partial charge in [0.2, 0.25) is 6.29 Å². The Kier molecular flexibility index (Phi) is 5.71. The van der Waals surface area contributed by atoms with Crippen LogP contribution in [-0.4, -0.2) is 52.2 Å². The number of hydrogen-bond donors (Lipinski definition) is 1. The summed E-state index contributed by atoms with van der Waals surface area (Å²) in [5.41, 5.74) is -0.188. The minimum Gasteiger partial charge on any atom is -0.456 e. The summed E-state index contributed by atoms with van der Waals surface area (Å²) in [6.07, 6.45) is 7.86. The molecule has 0 unspecified atom stereocenters. The van der Waals surface area contributed by atoms with E-state index in [1.54, 1.807) is 13.0 Å². The lowest BCUT2D eigenvalue weighted by molar-refractivity contribution is -0.347. The zero-order valence-electron chi connectivity index (χ0n) is 22.9. The molecule has 3 saturated heterocycles. The van der Waals surface area contributed by atoms with Crippen molar-refractivity contribution in [1.82, 2.24) is 0 Å². The van der Waals surface area contributed by atoms with Crippen molar-refractivity contribution in [3.05, 3.63) is 34.9 Å². The lowest BCUT2D eigenvalue weighted by atomic mass is 9.55. The van der Waals surface area contributed by atoms with Crippen LogP contribution in [0.1, 0.15) is 79.6 Å². The van der Waals surface area contributed by atoms with Crippen LogP contribution in [0.15, 0.2) is 34.9 Å². The fourth-order valence-electron chi connectivity index (χ4n) is 8.56. The quantitative estimate of drug-likeness (QED) is 0.424. The minimum absolute atomic E-state index is 0.0644. The van der Waals surface area contributed by atoms with Crippen molar-refractivity contribution in [3.8, 4) is 0 Å². The highest BCUT2D eigenvalue weighted by atomic mass is 16.8. The Morgan fingerprint density at radius 1 is 1.13 bits per heavy atom. The fraction of sp³-hybridized carbons (Fsp3) is 0.700. The van der Waals surface area contributed by atoms with Crippen LogP contribution >= 0.6 is 0 Å². The molecule has 8 heteroatoms. The lowest BCUT2D eigenvalue weighted by Gasteiger charge is -2.53. The van der Waals surface area contributed by atoms with Crippen molar-refractivity contribution in [2.45, 2.75) is 109 Å². The van der Waals surface area contributed by atoms with Crippen LogP contribution in [0.2, 0.25) is 0 Å². The van der Waals surface area contributed by atoms with Crippen LogP contribution in [0.4, 0.5) is 0 Å². The van der Waals surface area contributed by atoms with E-state index in [9.17, 15) is 19.5 Å².